The Morgan fingerprint density at radius 1 is 1.17 bits per heavy atom. The molecule has 0 aromatic carbocycles. The molecule has 2 atom stereocenters. The molecule has 0 aliphatic heterocycles. The topological polar surface area (TPSA) is 55.4 Å². The van der Waals surface area contributed by atoms with Crippen molar-refractivity contribution in [2.24, 2.45) is 5.92 Å². The van der Waals surface area contributed by atoms with E-state index in [-0.39, 0.29) is 12.0 Å². The van der Waals surface area contributed by atoms with Crippen LogP contribution in [-0.4, -0.2) is 24.0 Å². The Kier molecular flexibility index (Phi) is 5.63. The van der Waals surface area contributed by atoms with Crippen LogP contribution in [0.2, 0.25) is 0 Å². The number of alkyl carbamates (subject to hydrolysis) is 1. The number of ether oxygens (including phenoxy) is 1. The van der Waals surface area contributed by atoms with Crippen molar-refractivity contribution in [1.82, 2.24) is 5.32 Å². The Morgan fingerprint density at radius 3 is 2.33 bits per heavy atom. The van der Waals surface area contributed by atoms with Gasteiger partial charge in [-0.05, 0) is 33.6 Å². The molecule has 1 rings (SSSR count). The predicted molar refractivity (Wildman–Crippen MR) is 70.4 cm³/mol. The fourth-order valence-corrected chi connectivity index (χ4v) is 2.31. The van der Waals surface area contributed by atoms with Crippen molar-refractivity contribution in [2.45, 2.75) is 70.9 Å². The van der Waals surface area contributed by atoms with Crippen LogP contribution in [0.15, 0.2) is 0 Å². The highest BCUT2D eigenvalue weighted by atomic mass is 16.6. The molecule has 1 saturated carbocycles. The molecule has 18 heavy (non-hydrogen) atoms. The smallest absolute Gasteiger partial charge is 0.407 e. The van der Waals surface area contributed by atoms with Crippen molar-refractivity contribution in [3.05, 3.63) is 0 Å². The molecular formula is C14H25NO3. The van der Waals surface area contributed by atoms with E-state index in [0.717, 1.165) is 32.0 Å². The Morgan fingerprint density at radius 2 is 1.78 bits per heavy atom. The summed E-state index contributed by atoms with van der Waals surface area (Å²) in [6.45, 7) is 5.51. The first kappa shape index (κ1) is 15.0. The average Bonchev–Trinajstić information content (AvgIpc) is 2.20. The first-order valence-corrected chi connectivity index (χ1v) is 6.87. The summed E-state index contributed by atoms with van der Waals surface area (Å²) < 4.78 is 5.24. The normalized spacial score (nSPS) is 25.7. The van der Waals surface area contributed by atoms with E-state index in [0.29, 0.717) is 0 Å². The van der Waals surface area contributed by atoms with Crippen molar-refractivity contribution >= 4 is 12.4 Å². The molecule has 0 spiro atoms. The number of hydrogen-bond acceptors (Lipinski definition) is 3. The van der Waals surface area contributed by atoms with Crippen LogP contribution in [0, 0.1) is 5.92 Å². The van der Waals surface area contributed by atoms with Crippen molar-refractivity contribution in [2.75, 3.05) is 0 Å². The second-order valence-corrected chi connectivity index (χ2v) is 6.04. The third-order valence-electron chi connectivity index (χ3n) is 3.20. The molecule has 0 unspecified atom stereocenters. The third-order valence-corrected chi connectivity index (χ3v) is 3.20. The Bertz CT molecular complexity index is 283. The molecular weight excluding hydrogens is 230 g/mol. The lowest BCUT2D eigenvalue weighted by Crippen LogP contribution is -2.43. The van der Waals surface area contributed by atoms with E-state index in [2.05, 4.69) is 5.32 Å². The summed E-state index contributed by atoms with van der Waals surface area (Å²) in [5.41, 5.74) is -0.498. The zero-order valence-corrected chi connectivity index (χ0v) is 11.7. The molecule has 1 N–H and O–H groups in total. The molecule has 0 aromatic rings. The highest BCUT2D eigenvalue weighted by molar-refractivity contribution is 5.69. The monoisotopic (exact) mass is 255 g/mol. The molecule has 0 saturated heterocycles. The summed E-state index contributed by atoms with van der Waals surface area (Å²) in [6.07, 6.45) is 6.78. The molecule has 0 bridgehead atoms. The molecule has 0 heterocycles. The predicted octanol–water partition coefficient (Wildman–Crippen LogP) is 3.05. The van der Waals surface area contributed by atoms with E-state index in [4.69, 9.17) is 4.74 Å². The van der Waals surface area contributed by atoms with Gasteiger partial charge < -0.3 is 14.8 Å². The molecule has 1 aliphatic rings. The molecule has 104 valence electrons. The van der Waals surface area contributed by atoms with Gasteiger partial charge in [0.15, 0.2) is 0 Å². The van der Waals surface area contributed by atoms with Crippen LogP contribution >= 0.6 is 0 Å². The SMILES string of the molecule is CC(C)(C)OC(=O)N[C@@H]1CCCCCC[C@H]1C=O. The van der Waals surface area contributed by atoms with Gasteiger partial charge in [-0.3, -0.25) is 0 Å². The second kappa shape index (κ2) is 6.76. The first-order valence-electron chi connectivity index (χ1n) is 6.87. The lowest BCUT2D eigenvalue weighted by molar-refractivity contribution is -0.112. The van der Waals surface area contributed by atoms with Crippen molar-refractivity contribution in [1.29, 1.82) is 0 Å². The largest absolute Gasteiger partial charge is 0.444 e. The van der Waals surface area contributed by atoms with Gasteiger partial charge in [-0.1, -0.05) is 25.7 Å². The van der Waals surface area contributed by atoms with Crippen molar-refractivity contribution < 1.29 is 14.3 Å². The lowest BCUT2D eigenvalue weighted by atomic mass is 9.88. The summed E-state index contributed by atoms with van der Waals surface area (Å²) in [4.78, 5) is 22.8. The maximum absolute atomic E-state index is 11.7. The van der Waals surface area contributed by atoms with E-state index in [1.165, 1.54) is 12.8 Å². The van der Waals surface area contributed by atoms with Gasteiger partial charge in [-0.25, -0.2) is 4.79 Å². The first-order chi connectivity index (χ1) is 8.42. The molecule has 1 fully saturated rings. The Balaban J connectivity index is 2.54. The highest BCUT2D eigenvalue weighted by Gasteiger charge is 2.26. The minimum Gasteiger partial charge on any atom is -0.444 e. The van der Waals surface area contributed by atoms with Gasteiger partial charge in [-0.15, -0.1) is 0 Å². The van der Waals surface area contributed by atoms with E-state index in [9.17, 15) is 9.59 Å². The summed E-state index contributed by atoms with van der Waals surface area (Å²) in [5.74, 6) is -0.0715. The summed E-state index contributed by atoms with van der Waals surface area (Å²) in [5, 5.41) is 2.85. The number of nitrogens with one attached hydrogen (secondary N) is 1. The van der Waals surface area contributed by atoms with Crippen LogP contribution in [0.25, 0.3) is 0 Å². The van der Waals surface area contributed by atoms with Crippen molar-refractivity contribution in [3.63, 3.8) is 0 Å². The van der Waals surface area contributed by atoms with Crippen LogP contribution in [0.1, 0.15) is 59.3 Å². The van der Waals surface area contributed by atoms with Gasteiger partial charge in [-0.2, -0.15) is 0 Å². The number of rotatable bonds is 2. The fourth-order valence-electron chi connectivity index (χ4n) is 2.31. The number of hydrogen-bond donors (Lipinski definition) is 1. The van der Waals surface area contributed by atoms with Gasteiger partial charge in [0.1, 0.15) is 11.9 Å². The van der Waals surface area contributed by atoms with E-state index >= 15 is 0 Å². The van der Waals surface area contributed by atoms with Crippen LogP contribution in [-0.2, 0) is 9.53 Å². The number of amides is 1. The summed E-state index contributed by atoms with van der Waals surface area (Å²) in [7, 11) is 0. The second-order valence-electron chi connectivity index (χ2n) is 6.04. The van der Waals surface area contributed by atoms with Crippen LogP contribution in [0.3, 0.4) is 0 Å². The van der Waals surface area contributed by atoms with Gasteiger partial charge in [0.05, 0.1) is 0 Å². The van der Waals surface area contributed by atoms with Crippen LogP contribution in [0.5, 0.6) is 0 Å². The van der Waals surface area contributed by atoms with E-state index in [1.807, 2.05) is 20.8 Å². The number of carbonyl (C=O) groups excluding carboxylic acids is 2. The van der Waals surface area contributed by atoms with E-state index in [1.54, 1.807) is 0 Å². The standard InChI is InChI=1S/C14H25NO3/c1-14(2,3)18-13(17)15-12-9-7-5-4-6-8-11(12)10-16/h10-12H,4-9H2,1-3H3,(H,15,17)/t11-,12+/m0/s1. The van der Waals surface area contributed by atoms with Gasteiger partial charge >= 0.3 is 6.09 Å². The third kappa shape index (κ3) is 5.52. The maximum Gasteiger partial charge on any atom is 0.407 e. The van der Waals surface area contributed by atoms with Crippen LogP contribution < -0.4 is 5.32 Å². The van der Waals surface area contributed by atoms with Crippen molar-refractivity contribution in [3.8, 4) is 0 Å². The maximum atomic E-state index is 11.7. The van der Waals surface area contributed by atoms with Gasteiger partial charge in [0.25, 0.3) is 0 Å². The quantitative estimate of drug-likeness (QED) is 0.772. The van der Waals surface area contributed by atoms with E-state index < -0.39 is 11.7 Å². The minimum absolute atomic E-state index is 0.0715. The Labute approximate surface area is 109 Å². The van der Waals surface area contributed by atoms with Gasteiger partial charge in [0.2, 0.25) is 0 Å². The minimum atomic E-state index is -0.498. The summed E-state index contributed by atoms with van der Waals surface area (Å²) >= 11 is 0. The average molecular weight is 255 g/mol. The molecule has 1 amide bonds. The van der Waals surface area contributed by atoms with Crippen LogP contribution in [0.4, 0.5) is 4.79 Å². The molecule has 0 radical (unpaired) electrons. The van der Waals surface area contributed by atoms with Gasteiger partial charge in [0, 0.05) is 12.0 Å². The number of carbonyl (C=O) groups is 2. The molecule has 1 aliphatic carbocycles. The lowest BCUT2D eigenvalue weighted by Gasteiger charge is -2.28. The summed E-state index contributed by atoms with van der Waals surface area (Å²) in [6, 6.07) is -0.0716. The molecule has 4 nitrogen and oxygen atoms in total. The molecule has 4 heteroatoms. The fraction of sp³-hybridized carbons (Fsp3) is 0.857. The zero-order chi connectivity index (χ0) is 13.6. The number of aldehydes is 1. The Hall–Kier alpha value is -1.06. The molecule has 0 aromatic heterocycles. The zero-order valence-electron chi connectivity index (χ0n) is 11.7. The highest BCUT2D eigenvalue weighted by Crippen LogP contribution is 2.22.